The molecule has 1 aromatic heterocycles. The van der Waals surface area contributed by atoms with E-state index in [0.717, 1.165) is 4.88 Å². The molecule has 0 aliphatic rings. The molecule has 9 heteroatoms. The molecule has 2 rings (SSSR count). The van der Waals surface area contributed by atoms with Crippen LogP contribution in [0.3, 0.4) is 0 Å². The van der Waals surface area contributed by atoms with Crippen molar-refractivity contribution in [1.29, 1.82) is 0 Å². The van der Waals surface area contributed by atoms with Gasteiger partial charge in [0.15, 0.2) is 11.5 Å². The Kier molecular flexibility index (Phi) is 6.90. The number of hydrogen-bond donors (Lipinski definition) is 1. The van der Waals surface area contributed by atoms with Gasteiger partial charge < -0.3 is 19.7 Å². The van der Waals surface area contributed by atoms with Gasteiger partial charge in [-0.25, -0.2) is 0 Å². The maximum atomic E-state index is 12.3. The number of rotatable bonds is 8. The number of nitrogens with one attached hydrogen (secondary N) is 1. The SMILES string of the molecule is COc1cc(C(=O)NCC(=O)N(C)Cc2cccs2)ccc1OC(F)F. The van der Waals surface area contributed by atoms with E-state index in [2.05, 4.69) is 10.1 Å². The number of carbonyl (C=O) groups is 2. The quantitative estimate of drug-likeness (QED) is 0.760. The zero-order chi connectivity index (χ0) is 19.1. The minimum Gasteiger partial charge on any atom is -0.493 e. The summed E-state index contributed by atoms with van der Waals surface area (Å²) in [7, 11) is 2.92. The third-order valence-corrected chi connectivity index (χ3v) is 4.30. The summed E-state index contributed by atoms with van der Waals surface area (Å²) in [6, 6.07) is 7.62. The van der Waals surface area contributed by atoms with Crippen molar-refractivity contribution in [3.05, 3.63) is 46.2 Å². The van der Waals surface area contributed by atoms with Gasteiger partial charge in [0, 0.05) is 17.5 Å². The third-order valence-electron chi connectivity index (χ3n) is 3.44. The van der Waals surface area contributed by atoms with Crippen LogP contribution in [0.4, 0.5) is 8.78 Å². The van der Waals surface area contributed by atoms with Crippen LogP contribution in [0.25, 0.3) is 0 Å². The Morgan fingerprint density at radius 2 is 2.04 bits per heavy atom. The predicted octanol–water partition coefficient (Wildman–Crippen LogP) is 2.75. The Morgan fingerprint density at radius 3 is 2.65 bits per heavy atom. The average Bonchev–Trinajstić information content (AvgIpc) is 3.12. The molecule has 1 heterocycles. The maximum Gasteiger partial charge on any atom is 0.387 e. The summed E-state index contributed by atoms with van der Waals surface area (Å²) in [5.41, 5.74) is 0.164. The van der Waals surface area contributed by atoms with Gasteiger partial charge in [-0.2, -0.15) is 8.78 Å². The molecule has 1 aromatic carbocycles. The number of nitrogens with zero attached hydrogens (tertiary/aromatic N) is 1. The van der Waals surface area contributed by atoms with E-state index in [1.54, 1.807) is 7.05 Å². The van der Waals surface area contributed by atoms with E-state index in [1.165, 1.54) is 41.5 Å². The second kappa shape index (κ2) is 9.14. The fourth-order valence-electron chi connectivity index (χ4n) is 2.12. The molecule has 26 heavy (non-hydrogen) atoms. The average molecular weight is 384 g/mol. The number of likely N-dealkylation sites (N-methyl/N-ethyl adjacent to an activating group) is 1. The molecule has 2 aromatic rings. The van der Waals surface area contributed by atoms with Crippen molar-refractivity contribution >= 4 is 23.2 Å². The van der Waals surface area contributed by atoms with Crippen LogP contribution in [-0.2, 0) is 11.3 Å². The van der Waals surface area contributed by atoms with Crippen LogP contribution in [0.2, 0.25) is 0 Å². The minimum atomic E-state index is -3.00. The molecule has 1 N–H and O–H groups in total. The summed E-state index contributed by atoms with van der Waals surface area (Å²) in [6.45, 7) is -2.72. The topological polar surface area (TPSA) is 67.9 Å². The van der Waals surface area contributed by atoms with Crippen LogP contribution in [-0.4, -0.2) is 44.0 Å². The van der Waals surface area contributed by atoms with E-state index in [4.69, 9.17) is 4.74 Å². The fourth-order valence-corrected chi connectivity index (χ4v) is 2.88. The lowest BCUT2D eigenvalue weighted by atomic mass is 10.2. The van der Waals surface area contributed by atoms with E-state index >= 15 is 0 Å². The van der Waals surface area contributed by atoms with Gasteiger partial charge in [-0.05, 0) is 29.6 Å². The Morgan fingerprint density at radius 1 is 1.27 bits per heavy atom. The van der Waals surface area contributed by atoms with Crippen LogP contribution in [0.15, 0.2) is 35.7 Å². The number of amides is 2. The van der Waals surface area contributed by atoms with E-state index in [-0.39, 0.29) is 29.5 Å². The van der Waals surface area contributed by atoms with E-state index in [9.17, 15) is 18.4 Å². The number of thiophene rings is 1. The molecule has 0 fully saturated rings. The van der Waals surface area contributed by atoms with Crippen molar-refractivity contribution < 1.29 is 27.8 Å². The van der Waals surface area contributed by atoms with Crippen LogP contribution in [0.1, 0.15) is 15.2 Å². The largest absolute Gasteiger partial charge is 0.493 e. The van der Waals surface area contributed by atoms with Crippen molar-refractivity contribution in [3.8, 4) is 11.5 Å². The molecule has 0 saturated heterocycles. The first-order chi connectivity index (χ1) is 12.4. The summed E-state index contributed by atoms with van der Waals surface area (Å²) in [5.74, 6) is -0.953. The van der Waals surface area contributed by atoms with Crippen LogP contribution in [0, 0.1) is 0 Å². The van der Waals surface area contributed by atoms with Crippen molar-refractivity contribution in [2.24, 2.45) is 0 Å². The Hall–Kier alpha value is -2.68. The number of ether oxygens (including phenoxy) is 2. The monoisotopic (exact) mass is 384 g/mol. The van der Waals surface area contributed by atoms with Gasteiger partial charge in [-0.15, -0.1) is 11.3 Å². The van der Waals surface area contributed by atoms with Gasteiger partial charge in [-0.3, -0.25) is 9.59 Å². The van der Waals surface area contributed by atoms with Crippen LogP contribution >= 0.6 is 11.3 Å². The summed E-state index contributed by atoms with van der Waals surface area (Å²) in [6.07, 6.45) is 0. The lowest BCUT2D eigenvalue weighted by molar-refractivity contribution is -0.129. The molecule has 0 aliphatic heterocycles. The second-order valence-electron chi connectivity index (χ2n) is 5.26. The molecule has 140 valence electrons. The first-order valence-electron chi connectivity index (χ1n) is 7.58. The Labute approximate surface area is 153 Å². The maximum absolute atomic E-state index is 12.3. The lowest BCUT2D eigenvalue weighted by Crippen LogP contribution is -2.37. The van der Waals surface area contributed by atoms with Gasteiger partial charge in [-0.1, -0.05) is 6.07 Å². The lowest BCUT2D eigenvalue weighted by Gasteiger charge is -2.17. The van der Waals surface area contributed by atoms with Gasteiger partial charge in [0.1, 0.15) is 0 Å². The molecular formula is C17H18F2N2O4S. The number of halogens is 2. The molecule has 6 nitrogen and oxygen atoms in total. The van der Waals surface area contributed by atoms with Gasteiger partial charge in [0.05, 0.1) is 20.2 Å². The third kappa shape index (κ3) is 5.41. The highest BCUT2D eigenvalue weighted by atomic mass is 32.1. The molecule has 0 aliphatic carbocycles. The summed E-state index contributed by atoms with van der Waals surface area (Å²) in [4.78, 5) is 26.8. The van der Waals surface area contributed by atoms with Crippen molar-refractivity contribution in [1.82, 2.24) is 10.2 Å². The predicted molar refractivity (Wildman–Crippen MR) is 92.8 cm³/mol. The highest BCUT2D eigenvalue weighted by molar-refractivity contribution is 7.09. The molecular weight excluding hydrogens is 366 g/mol. The molecule has 0 unspecified atom stereocenters. The van der Waals surface area contributed by atoms with Gasteiger partial charge in [0.25, 0.3) is 5.91 Å². The Bertz CT molecular complexity index is 753. The fraction of sp³-hybridized carbons (Fsp3) is 0.294. The van der Waals surface area contributed by atoms with Gasteiger partial charge in [0.2, 0.25) is 5.91 Å². The van der Waals surface area contributed by atoms with Crippen molar-refractivity contribution in [2.45, 2.75) is 13.2 Å². The molecule has 0 atom stereocenters. The van der Waals surface area contributed by atoms with Crippen LogP contribution < -0.4 is 14.8 Å². The number of carbonyl (C=O) groups excluding carboxylic acids is 2. The first kappa shape index (κ1) is 19.6. The van der Waals surface area contributed by atoms with E-state index in [1.807, 2.05) is 17.5 Å². The zero-order valence-corrected chi connectivity index (χ0v) is 15.0. The first-order valence-corrected chi connectivity index (χ1v) is 8.46. The molecule has 0 saturated carbocycles. The van der Waals surface area contributed by atoms with E-state index < -0.39 is 12.5 Å². The highest BCUT2D eigenvalue weighted by Gasteiger charge is 2.16. The van der Waals surface area contributed by atoms with Crippen molar-refractivity contribution in [3.63, 3.8) is 0 Å². The number of hydrogen-bond acceptors (Lipinski definition) is 5. The molecule has 0 spiro atoms. The normalized spacial score (nSPS) is 10.5. The molecule has 2 amide bonds. The van der Waals surface area contributed by atoms with Gasteiger partial charge >= 0.3 is 6.61 Å². The van der Waals surface area contributed by atoms with E-state index in [0.29, 0.717) is 6.54 Å². The highest BCUT2D eigenvalue weighted by Crippen LogP contribution is 2.29. The molecule has 0 bridgehead atoms. The summed E-state index contributed by atoms with van der Waals surface area (Å²) in [5, 5.41) is 4.42. The molecule has 0 radical (unpaired) electrons. The summed E-state index contributed by atoms with van der Waals surface area (Å²) >= 11 is 1.54. The number of methoxy groups -OCH3 is 1. The van der Waals surface area contributed by atoms with Crippen molar-refractivity contribution in [2.75, 3.05) is 20.7 Å². The van der Waals surface area contributed by atoms with Crippen LogP contribution in [0.5, 0.6) is 11.5 Å². The zero-order valence-electron chi connectivity index (χ0n) is 14.2. The summed E-state index contributed by atoms with van der Waals surface area (Å²) < 4.78 is 33.9. The number of alkyl halides is 2. The minimum absolute atomic E-state index is 0.000843. The Balaban J connectivity index is 1.93. The standard InChI is InChI=1S/C17H18F2N2O4S/c1-21(10-12-4-3-7-26-12)15(22)9-20-16(23)11-5-6-13(25-17(18)19)14(8-11)24-2/h3-8,17H,9-10H2,1-2H3,(H,20,23). The number of benzene rings is 1. The smallest absolute Gasteiger partial charge is 0.387 e. The second-order valence-corrected chi connectivity index (χ2v) is 6.29.